The van der Waals surface area contributed by atoms with Gasteiger partial charge in [0.25, 0.3) is 0 Å². The zero-order valence-electron chi connectivity index (χ0n) is 8.31. The fraction of sp³-hybridized carbons (Fsp3) is 0.0833. The van der Waals surface area contributed by atoms with E-state index in [-0.39, 0.29) is 0 Å². The van der Waals surface area contributed by atoms with Crippen LogP contribution in [0.25, 0.3) is 0 Å². The van der Waals surface area contributed by atoms with Crippen LogP contribution in [0.2, 0.25) is 5.02 Å². The molecule has 0 bridgehead atoms. The Labute approximate surface area is 102 Å². The van der Waals surface area contributed by atoms with Crippen LogP contribution in [0.5, 0.6) is 0 Å². The molecular formula is C12H8ClNOS. The number of hydrogen-bond acceptors (Lipinski definition) is 3. The van der Waals surface area contributed by atoms with Crippen LogP contribution in [-0.2, 0) is 11.2 Å². The molecule has 0 aliphatic rings. The second-order valence-electron chi connectivity index (χ2n) is 3.23. The molecule has 0 radical (unpaired) electrons. The van der Waals surface area contributed by atoms with Crippen molar-refractivity contribution in [3.8, 4) is 0 Å². The summed E-state index contributed by atoms with van der Waals surface area (Å²) >= 11 is 7.52. The van der Waals surface area contributed by atoms with Gasteiger partial charge in [0.05, 0.1) is 5.69 Å². The quantitative estimate of drug-likeness (QED) is 0.598. The maximum absolute atomic E-state index is 10.3. The fourth-order valence-corrected chi connectivity index (χ4v) is 2.33. The number of carbonyl (C=O) groups excluding carboxylic acids is 1. The van der Waals surface area contributed by atoms with Crippen LogP contribution >= 0.6 is 22.9 Å². The molecule has 16 heavy (non-hydrogen) atoms. The molecule has 0 saturated carbocycles. The third kappa shape index (κ3) is 2.58. The normalized spacial score (nSPS) is 9.81. The lowest BCUT2D eigenvalue weighted by Crippen LogP contribution is -1.85. The van der Waals surface area contributed by atoms with E-state index in [2.05, 4.69) is 4.99 Å². The summed E-state index contributed by atoms with van der Waals surface area (Å²) < 4.78 is 0. The maximum Gasteiger partial charge on any atom is 0.240 e. The molecule has 0 N–H and O–H groups in total. The molecule has 4 heteroatoms. The van der Waals surface area contributed by atoms with Gasteiger partial charge in [0.1, 0.15) is 0 Å². The highest BCUT2D eigenvalue weighted by atomic mass is 35.5. The number of rotatable bonds is 3. The highest BCUT2D eigenvalue weighted by molar-refractivity contribution is 7.09. The van der Waals surface area contributed by atoms with Gasteiger partial charge in [0, 0.05) is 16.3 Å². The van der Waals surface area contributed by atoms with E-state index in [1.165, 1.54) is 4.88 Å². The summed E-state index contributed by atoms with van der Waals surface area (Å²) in [6.07, 6.45) is 2.31. The molecule has 80 valence electrons. The summed E-state index contributed by atoms with van der Waals surface area (Å²) in [5.41, 5.74) is 1.58. The van der Waals surface area contributed by atoms with Crippen molar-refractivity contribution in [3.05, 3.63) is 51.2 Å². The van der Waals surface area contributed by atoms with Gasteiger partial charge in [-0.3, -0.25) is 0 Å². The molecule has 0 unspecified atom stereocenters. The van der Waals surface area contributed by atoms with Crippen LogP contribution in [-0.4, -0.2) is 6.08 Å². The molecule has 0 spiro atoms. The number of benzene rings is 1. The van der Waals surface area contributed by atoms with Crippen LogP contribution in [0.3, 0.4) is 0 Å². The van der Waals surface area contributed by atoms with Crippen molar-refractivity contribution in [2.45, 2.75) is 6.42 Å². The van der Waals surface area contributed by atoms with E-state index in [0.29, 0.717) is 10.7 Å². The van der Waals surface area contributed by atoms with Crippen molar-refractivity contribution in [3.63, 3.8) is 0 Å². The Balaban J connectivity index is 2.36. The Kier molecular flexibility index (Phi) is 3.52. The lowest BCUT2D eigenvalue weighted by atomic mass is 10.1. The monoisotopic (exact) mass is 249 g/mol. The van der Waals surface area contributed by atoms with Gasteiger partial charge in [-0.25, -0.2) is 4.79 Å². The van der Waals surface area contributed by atoms with Crippen LogP contribution in [0, 0.1) is 0 Å². The van der Waals surface area contributed by atoms with Gasteiger partial charge in [0.15, 0.2) is 0 Å². The van der Waals surface area contributed by atoms with Crippen LogP contribution < -0.4 is 0 Å². The van der Waals surface area contributed by atoms with Gasteiger partial charge in [0.2, 0.25) is 6.08 Å². The number of hydrogen-bond donors (Lipinski definition) is 0. The van der Waals surface area contributed by atoms with Gasteiger partial charge in [-0.15, -0.1) is 11.3 Å². The highest BCUT2D eigenvalue weighted by Crippen LogP contribution is 2.26. The third-order valence-corrected chi connectivity index (χ3v) is 3.27. The first-order valence-corrected chi connectivity index (χ1v) is 5.94. The van der Waals surface area contributed by atoms with Crippen LogP contribution in [0.4, 0.5) is 5.69 Å². The average Bonchev–Trinajstić information content (AvgIpc) is 2.75. The SMILES string of the molecule is O=C=Nc1cc(Cl)ccc1Cc1cccs1. The summed E-state index contributed by atoms with van der Waals surface area (Å²) in [7, 11) is 0. The van der Waals surface area contributed by atoms with Gasteiger partial charge in [-0.1, -0.05) is 23.7 Å². The molecule has 0 atom stereocenters. The Hall–Kier alpha value is -1.41. The second kappa shape index (κ2) is 5.08. The average molecular weight is 250 g/mol. The van der Waals surface area contributed by atoms with Crippen LogP contribution in [0.15, 0.2) is 40.7 Å². The predicted molar refractivity (Wildman–Crippen MR) is 66.4 cm³/mol. The number of nitrogens with zero attached hydrogens (tertiary/aromatic N) is 1. The second-order valence-corrected chi connectivity index (χ2v) is 4.70. The van der Waals surface area contributed by atoms with E-state index in [1.807, 2.05) is 23.6 Å². The molecule has 0 fully saturated rings. The predicted octanol–water partition coefficient (Wildman–Crippen LogP) is 3.96. The molecule has 1 aromatic heterocycles. The van der Waals surface area contributed by atoms with E-state index in [0.717, 1.165) is 12.0 Å². The molecular weight excluding hydrogens is 242 g/mol. The lowest BCUT2D eigenvalue weighted by molar-refractivity contribution is 0.565. The van der Waals surface area contributed by atoms with Crippen molar-refractivity contribution < 1.29 is 4.79 Å². The number of halogens is 1. The zero-order chi connectivity index (χ0) is 11.4. The minimum Gasteiger partial charge on any atom is -0.211 e. The van der Waals surface area contributed by atoms with Gasteiger partial charge in [-0.2, -0.15) is 4.99 Å². The first-order valence-electron chi connectivity index (χ1n) is 4.68. The Morgan fingerprint density at radius 1 is 1.38 bits per heavy atom. The minimum atomic E-state index is 0.573. The topological polar surface area (TPSA) is 29.4 Å². The molecule has 2 rings (SSSR count). The summed E-state index contributed by atoms with van der Waals surface area (Å²) in [5, 5.41) is 2.59. The van der Waals surface area contributed by atoms with Crippen molar-refractivity contribution >= 4 is 34.7 Å². The molecule has 2 nitrogen and oxygen atoms in total. The van der Waals surface area contributed by atoms with Gasteiger partial charge < -0.3 is 0 Å². The molecule has 0 aliphatic heterocycles. The van der Waals surface area contributed by atoms with E-state index >= 15 is 0 Å². The highest BCUT2D eigenvalue weighted by Gasteiger charge is 2.04. The molecule has 0 saturated heterocycles. The van der Waals surface area contributed by atoms with Crippen molar-refractivity contribution in [2.75, 3.05) is 0 Å². The lowest BCUT2D eigenvalue weighted by Gasteiger charge is -2.03. The summed E-state index contributed by atoms with van der Waals surface area (Å²) in [4.78, 5) is 15.2. The zero-order valence-corrected chi connectivity index (χ0v) is 9.89. The third-order valence-electron chi connectivity index (χ3n) is 2.16. The largest absolute Gasteiger partial charge is 0.240 e. The Morgan fingerprint density at radius 3 is 2.94 bits per heavy atom. The minimum absolute atomic E-state index is 0.573. The smallest absolute Gasteiger partial charge is 0.211 e. The number of aliphatic imine (C=N–C) groups is 1. The van der Waals surface area contributed by atoms with E-state index in [9.17, 15) is 4.79 Å². The summed E-state index contributed by atoms with van der Waals surface area (Å²) in [6.45, 7) is 0. The van der Waals surface area contributed by atoms with Crippen molar-refractivity contribution in [1.82, 2.24) is 0 Å². The first kappa shape index (κ1) is 11.1. The van der Waals surface area contributed by atoms with E-state index in [4.69, 9.17) is 11.6 Å². The molecule has 0 aliphatic carbocycles. The Bertz CT molecular complexity index is 530. The van der Waals surface area contributed by atoms with Crippen LogP contribution in [0.1, 0.15) is 10.4 Å². The number of isocyanates is 1. The molecule has 1 aromatic carbocycles. The van der Waals surface area contributed by atoms with Gasteiger partial charge >= 0.3 is 0 Å². The molecule has 0 amide bonds. The van der Waals surface area contributed by atoms with Crippen molar-refractivity contribution in [1.29, 1.82) is 0 Å². The van der Waals surface area contributed by atoms with E-state index < -0.39 is 0 Å². The number of thiophene rings is 1. The van der Waals surface area contributed by atoms with Gasteiger partial charge in [-0.05, 0) is 29.1 Å². The molecule has 2 aromatic rings. The first-order chi connectivity index (χ1) is 7.79. The summed E-state index contributed by atoms with van der Waals surface area (Å²) in [6, 6.07) is 9.41. The van der Waals surface area contributed by atoms with E-state index in [1.54, 1.807) is 29.5 Å². The summed E-state index contributed by atoms with van der Waals surface area (Å²) in [5.74, 6) is 0. The Morgan fingerprint density at radius 2 is 2.25 bits per heavy atom. The fourth-order valence-electron chi connectivity index (χ4n) is 1.44. The van der Waals surface area contributed by atoms with Crippen molar-refractivity contribution in [2.24, 2.45) is 4.99 Å². The maximum atomic E-state index is 10.3. The standard InChI is InChI=1S/C12H8ClNOS/c13-10-4-3-9(12(7-10)14-8-15)6-11-2-1-5-16-11/h1-5,7H,6H2. The molecule has 1 heterocycles.